The standard InChI is InChI=1S/C7H7O2/c1-5-4-9-6(2)7(5)3-8/h4H,1-2H3. The van der Waals surface area contributed by atoms with Crippen molar-refractivity contribution in [3.63, 3.8) is 0 Å². The Labute approximate surface area is 53.5 Å². The van der Waals surface area contributed by atoms with E-state index in [1.54, 1.807) is 19.5 Å². The zero-order chi connectivity index (χ0) is 6.85. The maximum atomic E-state index is 10.1. The molecule has 1 heterocycles. The zero-order valence-electron chi connectivity index (χ0n) is 5.39. The van der Waals surface area contributed by atoms with Gasteiger partial charge in [0.1, 0.15) is 5.76 Å². The van der Waals surface area contributed by atoms with Crippen LogP contribution in [0.4, 0.5) is 0 Å². The molecule has 0 aliphatic heterocycles. The molecule has 2 heteroatoms. The Morgan fingerprint density at radius 1 is 1.56 bits per heavy atom. The van der Waals surface area contributed by atoms with E-state index in [0.29, 0.717) is 11.3 Å². The van der Waals surface area contributed by atoms with Crippen molar-refractivity contribution in [2.45, 2.75) is 13.8 Å². The molecule has 0 aromatic carbocycles. The van der Waals surface area contributed by atoms with Gasteiger partial charge in [-0.2, -0.15) is 0 Å². The average Bonchev–Trinajstić information content (AvgIpc) is 2.12. The van der Waals surface area contributed by atoms with Crippen molar-refractivity contribution in [3.05, 3.63) is 23.2 Å². The number of carbonyl (C=O) groups excluding carboxylic acids is 1. The molecule has 1 rings (SSSR count). The van der Waals surface area contributed by atoms with Crippen molar-refractivity contribution in [1.29, 1.82) is 0 Å². The van der Waals surface area contributed by atoms with Gasteiger partial charge in [0.05, 0.1) is 11.8 Å². The van der Waals surface area contributed by atoms with E-state index in [4.69, 9.17) is 4.42 Å². The monoisotopic (exact) mass is 123 g/mol. The molecule has 0 atom stereocenters. The van der Waals surface area contributed by atoms with E-state index in [1.165, 1.54) is 0 Å². The Hall–Kier alpha value is -1.05. The Morgan fingerprint density at radius 3 is 2.44 bits per heavy atom. The van der Waals surface area contributed by atoms with Crippen LogP contribution in [0.2, 0.25) is 0 Å². The summed E-state index contributed by atoms with van der Waals surface area (Å²) < 4.78 is 4.92. The summed E-state index contributed by atoms with van der Waals surface area (Å²) in [7, 11) is 0. The minimum Gasteiger partial charge on any atom is -0.469 e. The minimum absolute atomic E-state index is 0.551. The molecule has 0 saturated carbocycles. The van der Waals surface area contributed by atoms with Crippen molar-refractivity contribution in [2.24, 2.45) is 0 Å². The first-order valence-corrected chi connectivity index (χ1v) is 2.68. The number of hydrogen-bond acceptors (Lipinski definition) is 2. The van der Waals surface area contributed by atoms with Gasteiger partial charge in [0.25, 0.3) is 0 Å². The van der Waals surface area contributed by atoms with E-state index < -0.39 is 0 Å². The molecular weight excluding hydrogens is 116 g/mol. The summed E-state index contributed by atoms with van der Waals surface area (Å²) in [5.74, 6) is 0.641. The van der Waals surface area contributed by atoms with Crippen LogP contribution in [0.25, 0.3) is 0 Å². The molecule has 47 valence electrons. The molecule has 0 N–H and O–H groups in total. The molecule has 0 bridgehead atoms. The Balaban J connectivity index is 3.22. The van der Waals surface area contributed by atoms with E-state index in [1.807, 2.05) is 6.92 Å². The topological polar surface area (TPSA) is 30.2 Å². The summed E-state index contributed by atoms with van der Waals surface area (Å²) in [5, 5.41) is 0. The fraction of sp³-hybridized carbons (Fsp3) is 0.286. The molecule has 2 nitrogen and oxygen atoms in total. The molecule has 9 heavy (non-hydrogen) atoms. The average molecular weight is 123 g/mol. The lowest BCUT2D eigenvalue weighted by molar-refractivity contribution is 0.529. The second kappa shape index (κ2) is 2.05. The molecule has 0 aliphatic carbocycles. The smallest absolute Gasteiger partial charge is 0.237 e. The summed E-state index contributed by atoms with van der Waals surface area (Å²) in [4.78, 5) is 10.1. The lowest BCUT2D eigenvalue weighted by Crippen LogP contribution is -1.81. The molecule has 1 aromatic rings. The first-order chi connectivity index (χ1) is 4.25. The molecule has 1 aromatic heterocycles. The van der Waals surface area contributed by atoms with Crippen molar-refractivity contribution in [3.8, 4) is 0 Å². The summed E-state index contributed by atoms with van der Waals surface area (Å²) in [6.07, 6.45) is 3.35. The molecule has 0 spiro atoms. The number of rotatable bonds is 1. The van der Waals surface area contributed by atoms with E-state index in [2.05, 4.69) is 0 Å². The fourth-order valence-electron chi connectivity index (χ4n) is 0.725. The highest BCUT2D eigenvalue weighted by Gasteiger charge is 2.04. The fourth-order valence-corrected chi connectivity index (χ4v) is 0.725. The van der Waals surface area contributed by atoms with Crippen LogP contribution in [0.3, 0.4) is 0 Å². The largest absolute Gasteiger partial charge is 0.469 e. The molecule has 1 radical (unpaired) electrons. The van der Waals surface area contributed by atoms with E-state index in [0.717, 1.165) is 5.56 Å². The van der Waals surface area contributed by atoms with Crippen LogP contribution in [0, 0.1) is 13.8 Å². The second-order valence-corrected chi connectivity index (χ2v) is 1.95. The predicted octanol–water partition coefficient (Wildman–Crippen LogP) is 1.35. The number of hydrogen-bond donors (Lipinski definition) is 0. The maximum Gasteiger partial charge on any atom is 0.237 e. The maximum absolute atomic E-state index is 10.1. The van der Waals surface area contributed by atoms with Crippen LogP contribution < -0.4 is 0 Å². The van der Waals surface area contributed by atoms with Gasteiger partial charge >= 0.3 is 0 Å². The summed E-state index contributed by atoms with van der Waals surface area (Å²) in [5.41, 5.74) is 1.40. The van der Waals surface area contributed by atoms with Gasteiger partial charge in [0.2, 0.25) is 6.29 Å². The van der Waals surface area contributed by atoms with E-state index in [9.17, 15) is 4.79 Å². The highest BCUT2D eigenvalue weighted by atomic mass is 16.3. The van der Waals surface area contributed by atoms with Gasteiger partial charge < -0.3 is 4.42 Å². The first kappa shape index (κ1) is 6.08. The van der Waals surface area contributed by atoms with Crippen molar-refractivity contribution in [2.75, 3.05) is 0 Å². The Bertz CT molecular complexity index is 203. The summed E-state index contributed by atoms with van der Waals surface area (Å²) >= 11 is 0. The minimum atomic E-state index is 0.551. The molecule has 0 fully saturated rings. The third kappa shape index (κ3) is 0.875. The molecule has 0 aliphatic rings. The highest BCUT2D eigenvalue weighted by molar-refractivity contribution is 5.78. The quantitative estimate of drug-likeness (QED) is 0.564. The summed E-state index contributed by atoms with van der Waals surface area (Å²) in [6, 6.07) is 0. The van der Waals surface area contributed by atoms with Crippen LogP contribution in [0.15, 0.2) is 10.7 Å². The molecule has 0 saturated heterocycles. The lowest BCUT2D eigenvalue weighted by atomic mass is 10.2. The second-order valence-electron chi connectivity index (χ2n) is 1.95. The van der Waals surface area contributed by atoms with Crippen LogP contribution in [0.1, 0.15) is 16.9 Å². The van der Waals surface area contributed by atoms with Crippen LogP contribution in [0.5, 0.6) is 0 Å². The molecular formula is C7H7O2. The normalized spacial score (nSPS) is 9.56. The first-order valence-electron chi connectivity index (χ1n) is 2.68. The van der Waals surface area contributed by atoms with Crippen LogP contribution in [-0.2, 0) is 4.79 Å². The van der Waals surface area contributed by atoms with Crippen molar-refractivity contribution in [1.82, 2.24) is 0 Å². The predicted molar refractivity (Wildman–Crippen MR) is 33.0 cm³/mol. The van der Waals surface area contributed by atoms with Crippen LogP contribution >= 0.6 is 0 Å². The van der Waals surface area contributed by atoms with Crippen molar-refractivity contribution < 1.29 is 9.21 Å². The van der Waals surface area contributed by atoms with Gasteiger partial charge in [0, 0.05) is 0 Å². The molecule has 0 unspecified atom stereocenters. The Kier molecular flexibility index (Phi) is 1.39. The number of furan rings is 1. The third-order valence-corrected chi connectivity index (χ3v) is 1.26. The van der Waals surface area contributed by atoms with Gasteiger partial charge in [-0.25, -0.2) is 0 Å². The molecule has 0 amide bonds. The lowest BCUT2D eigenvalue weighted by Gasteiger charge is -1.81. The van der Waals surface area contributed by atoms with Gasteiger partial charge in [-0.15, -0.1) is 0 Å². The van der Waals surface area contributed by atoms with Gasteiger partial charge in [-0.1, -0.05) is 0 Å². The highest BCUT2D eigenvalue weighted by Crippen LogP contribution is 2.11. The van der Waals surface area contributed by atoms with Crippen LogP contribution in [-0.4, -0.2) is 6.29 Å². The number of aryl methyl sites for hydroxylation is 2. The Morgan fingerprint density at radius 2 is 2.22 bits per heavy atom. The van der Waals surface area contributed by atoms with Gasteiger partial charge in [-0.05, 0) is 19.4 Å². The zero-order valence-corrected chi connectivity index (χ0v) is 5.39. The SMILES string of the molecule is Cc1coc(C)c1[C]=O. The summed E-state index contributed by atoms with van der Waals surface area (Å²) in [6.45, 7) is 3.56. The van der Waals surface area contributed by atoms with E-state index >= 15 is 0 Å². The van der Waals surface area contributed by atoms with Crippen molar-refractivity contribution >= 4 is 6.29 Å². The van der Waals surface area contributed by atoms with E-state index in [-0.39, 0.29) is 0 Å². The third-order valence-electron chi connectivity index (χ3n) is 1.26. The van der Waals surface area contributed by atoms with Gasteiger partial charge in [-0.3, -0.25) is 4.79 Å². The van der Waals surface area contributed by atoms with Gasteiger partial charge in [0.15, 0.2) is 0 Å².